The van der Waals surface area contributed by atoms with Gasteiger partial charge in [0.2, 0.25) is 0 Å². The Labute approximate surface area is 214 Å². The van der Waals surface area contributed by atoms with Crippen molar-refractivity contribution >= 4 is 49.8 Å². The number of ether oxygens (including phenoxy) is 1. The minimum atomic E-state index is -1.05. The van der Waals surface area contributed by atoms with Crippen molar-refractivity contribution in [1.29, 1.82) is 0 Å². The topological polar surface area (TPSA) is 136 Å². The molecule has 1 unspecified atom stereocenters. The Morgan fingerprint density at radius 1 is 1.16 bits per heavy atom. The fourth-order valence-corrected chi connectivity index (χ4v) is 5.07. The molecular formula is C26H20N4O6S. The maximum Gasteiger partial charge on any atom is 0.301 e. The van der Waals surface area contributed by atoms with Gasteiger partial charge in [0.05, 0.1) is 33.0 Å². The van der Waals surface area contributed by atoms with E-state index in [1.807, 2.05) is 6.92 Å². The van der Waals surface area contributed by atoms with E-state index in [-0.39, 0.29) is 22.2 Å². The highest BCUT2D eigenvalue weighted by Crippen LogP contribution is 2.44. The second-order valence-corrected chi connectivity index (χ2v) is 9.21. The summed E-state index contributed by atoms with van der Waals surface area (Å²) in [5.74, 6) is -1.50. The van der Waals surface area contributed by atoms with E-state index < -0.39 is 22.7 Å². The number of hydrogen-bond donors (Lipinski definition) is 1. The van der Waals surface area contributed by atoms with Gasteiger partial charge in [-0.2, -0.15) is 0 Å². The number of nitro groups is 1. The minimum absolute atomic E-state index is 0.114. The smallest absolute Gasteiger partial charge is 0.301 e. The van der Waals surface area contributed by atoms with Crippen molar-refractivity contribution in [2.24, 2.45) is 0 Å². The number of hydrogen-bond acceptors (Lipinski definition) is 9. The van der Waals surface area contributed by atoms with Crippen LogP contribution in [0.2, 0.25) is 0 Å². The van der Waals surface area contributed by atoms with Gasteiger partial charge >= 0.3 is 5.91 Å². The van der Waals surface area contributed by atoms with Crippen molar-refractivity contribution in [3.63, 3.8) is 0 Å². The third-order valence-electron chi connectivity index (χ3n) is 5.79. The van der Waals surface area contributed by atoms with Crippen LogP contribution in [-0.4, -0.2) is 38.3 Å². The van der Waals surface area contributed by atoms with Crippen molar-refractivity contribution in [2.75, 3.05) is 11.5 Å². The Morgan fingerprint density at radius 3 is 2.62 bits per heavy atom. The number of benzene rings is 2. The lowest BCUT2D eigenvalue weighted by molar-refractivity contribution is -0.384. The number of aliphatic hydroxyl groups is 1. The van der Waals surface area contributed by atoms with Crippen LogP contribution in [0, 0.1) is 10.1 Å². The number of pyridine rings is 1. The molecule has 1 atom stereocenters. The molecule has 10 nitrogen and oxygen atoms in total. The highest BCUT2D eigenvalue weighted by atomic mass is 32.1. The fourth-order valence-electron chi connectivity index (χ4n) is 4.05. The Kier molecular flexibility index (Phi) is 6.36. The number of anilines is 1. The number of nitro benzene ring substituents is 1. The number of fused-ring (bicyclic) bond motifs is 1. The summed E-state index contributed by atoms with van der Waals surface area (Å²) in [5.41, 5.74) is 0.891. The van der Waals surface area contributed by atoms with Gasteiger partial charge in [0.25, 0.3) is 11.5 Å². The van der Waals surface area contributed by atoms with Gasteiger partial charge in [-0.1, -0.05) is 24.3 Å². The lowest BCUT2D eigenvalue weighted by Gasteiger charge is -2.21. The second-order valence-electron chi connectivity index (χ2n) is 8.20. The summed E-state index contributed by atoms with van der Waals surface area (Å²) >= 11 is 1.04. The molecule has 0 saturated carbocycles. The molecule has 2 aromatic heterocycles. The molecule has 0 aliphatic carbocycles. The SMILES string of the molecule is CCCOc1ccc(/C(O)=C2\C(=O)C(=O)N(c3nc4ccc([N+](=O)[O-])cc4s3)C2c2ccccn2)cc1. The standard InChI is InChI=1S/C26H20N4O6S/c1-2-13-36-17-9-6-15(7-10-17)23(31)21-22(19-5-3-4-12-27-19)29(25(33)24(21)32)26-28-18-11-8-16(30(34)35)14-20(18)37-26/h3-12,14,22,31H,2,13H2,1H3/b23-21+. The molecular weight excluding hydrogens is 496 g/mol. The number of carbonyl (C=O) groups excluding carboxylic acids is 2. The van der Waals surface area contributed by atoms with E-state index in [1.165, 1.54) is 29.3 Å². The predicted octanol–water partition coefficient (Wildman–Crippen LogP) is 5.01. The Balaban J connectivity index is 1.63. The van der Waals surface area contributed by atoms with Crippen molar-refractivity contribution in [2.45, 2.75) is 19.4 Å². The number of rotatable bonds is 7. The number of amides is 1. The first-order valence-corrected chi connectivity index (χ1v) is 12.2. The monoisotopic (exact) mass is 516 g/mol. The zero-order valence-electron chi connectivity index (χ0n) is 19.5. The first-order chi connectivity index (χ1) is 17.9. The van der Waals surface area contributed by atoms with Crippen LogP contribution in [0.1, 0.15) is 30.6 Å². The average Bonchev–Trinajstić information content (AvgIpc) is 3.45. The van der Waals surface area contributed by atoms with E-state index in [1.54, 1.807) is 42.5 Å². The Bertz CT molecular complexity index is 1550. The number of aromatic nitrogens is 2. The maximum atomic E-state index is 13.3. The molecule has 0 radical (unpaired) electrons. The van der Waals surface area contributed by atoms with E-state index in [9.17, 15) is 24.8 Å². The number of carbonyl (C=O) groups is 2. The molecule has 1 aliphatic rings. The normalized spacial score (nSPS) is 16.9. The number of Topliss-reactive ketones (excluding diaryl/α,β-unsaturated/α-hetero) is 1. The van der Waals surface area contributed by atoms with Crippen LogP contribution in [0.25, 0.3) is 16.0 Å². The average molecular weight is 517 g/mol. The lowest BCUT2D eigenvalue weighted by atomic mass is 9.98. The van der Waals surface area contributed by atoms with Crippen molar-refractivity contribution in [1.82, 2.24) is 9.97 Å². The maximum absolute atomic E-state index is 13.3. The molecule has 1 fully saturated rings. The van der Waals surface area contributed by atoms with Crippen molar-refractivity contribution in [3.05, 3.63) is 93.8 Å². The van der Waals surface area contributed by atoms with Crippen LogP contribution in [0.3, 0.4) is 0 Å². The first-order valence-electron chi connectivity index (χ1n) is 11.4. The summed E-state index contributed by atoms with van der Waals surface area (Å²) < 4.78 is 6.06. The summed E-state index contributed by atoms with van der Waals surface area (Å²) in [6, 6.07) is 14.8. The summed E-state index contributed by atoms with van der Waals surface area (Å²) in [7, 11) is 0. The summed E-state index contributed by atoms with van der Waals surface area (Å²) in [5, 5.41) is 22.6. The molecule has 1 N–H and O–H groups in total. The molecule has 0 bridgehead atoms. The van der Waals surface area contributed by atoms with Gasteiger partial charge in [-0.05, 0) is 48.9 Å². The van der Waals surface area contributed by atoms with E-state index in [0.717, 1.165) is 17.8 Å². The second kappa shape index (κ2) is 9.78. The number of non-ortho nitro benzene ring substituents is 1. The molecule has 5 rings (SSSR count). The van der Waals surface area contributed by atoms with Crippen molar-refractivity contribution < 1.29 is 24.4 Å². The third kappa shape index (κ3) is 4.40. The molecule has 1 aliphatic heterocycles. The van der Waals surface area contributed by atoms with Crippen LogP contribution < -0.4 is 9.64 Å². The molecule has 0 spiro atoms. The zero-order chi connectivity index (χ0) is 26.1. The van der Waals surface area contributed by atoms with E-state index in [2.05, 4.69) is 9.97 Å². The van der Waals surface area contributed by atoms with Crippen LogP contribution in [0.4, 0.5) is 10.8 Å². The first kappa shape index (κ1) is 24.1. The number of nitrogens with zero attached hydrogens (tertiary/aromatic N) is 4. The molecule has 1 amide bonds. The van der Waals surface area contributed by atoms with Gasteiger partial charge in [0.1, 0.15) is 17.6 Å². The Hall–Kier alpha value is -4.64. The van der Waals surface area contributed by atoms with Crippen molar-refractivity contribution in [3.8, 4) is 5.75 Å². The molecule has 186 valence electrons. The quantitative estimate of drug-likeness (QED) is 0.119. The third-order valence-corrected chi connectivity index (χ3v) is 6.81. The molecule has 4 aromatic rings. The van der Waals surface area contributed by atoms with E-state index >= 15 is 0 Å². The largest absolute Gasteiger partial charge is 0.507 e. The highest BCUT2D eigenvalue weighted by Gasteiger charge is 2.48. The highest BCUT2D eigenvalue weighted by molar-refractivity contribution is 7.22. The summed E-state index contributed by atoms with van der Waals surface area (Å²) in [6.07, 6.45) is 2.37. The molecule has 2 aromatic carbocycles. The molecule has 1 saturated heterocycles. The molecule has 11 heteroatoms. The lowest BCUT2D eigenvalue weighted by Crippen LogP contribution is -2.29. The number of ketones is 1. The summed E-state index contributed by atoms with van der Waals surface area (Å²) in [4.78, 5) is 47.3. The van der Waals surface area contributed by atoms with E-state index in [4.69, 9.17) is 4.74 Å². The zero-order valence-corrected chi connectivity index (χ0v) is 20.3. The molecule has 37 heavy (non-hydrogen) atoms. The molecule has 3 heterocycles. The van der Waals surface area contributed by atoms with Gasteiger partial charge in [-0.15, -0.1) is 0 Å². The van der Waals surface area contributed by atoms with E-state index in [0.29, 0.717) is 33.8 Å². The fraction of sp³-hybridized carbons (Fsp3) is 0.154. The van der Waals surface area contributed by atoms with Crippen LogP contribution in [0.15, 0.2) is 72.4 Å². The predicted molar refractivity (Wildman–Crippen MR) is 138 cm³/mol. The van der Waals surface area contributed by atoms with Gasteiger partial charge < -0.3 is 9.84 Å². The van der Waals surface area contributed by atoms with Gasteiger partial charge in [-0.3, -0.25) is 29.6 Å². The minimum Gasteiger partial charge on any atom is -0.507 e. The van der Waals surface area contributed by atoms with Gasteiger partial charge in [-0.25, -0.2) is 4.98 Å². The van der Waals surface area contributed by atoms with Crippen LogP contribution in [0.5, 0.6) is 5.75 Å². The van der Waals surface area contributed by atoms with Crippen LogP contribution >= 0.6 is 11.3 Å². The Morgan fingerprint density at radius 2 is 1.95 bits per heavy atom. The van der Waals surface area contributed by atoms with Crippen LogP contribution in [-0.2, 0) is 9.59 Å². The summed E-state index contributed by atoms with van der Waals surface area (Å²) in [6.45, 7) is 2.53. The number of thiazole rings is 1. The van der Waals surface area contributed by atoms with Gasteiger partial charge in [0, 0.05) is 23.9 Å². The number of aliphatic hydroxyl groups excluding tert-OH is 1. The van der Waals surface area contributed by atoms with Gasteiger partial charge in [0.15, 0.2) is 5.13 Å².